The largest absolute Gasteiger partial charge is 0.364 e. The fraction of sp³-hybridized carbons (Fsp3) is 0. The monoisotopic (exact) mass is 314 g/mol. The standard InChI is InChI=1S/C13H10N6O2S/c14-10(20)9-13(19-11(21)8-5-16-17-6-8)22-12(18-9)7-1-3-15-4-2-7/h1-6H,(H2,14,20)(H,16,17)(H,19,21). The van der Waals surface area contributed by atoms with Crippen LogP contribution >= 0.6 is 11.3 Å². The van der Waals surface area contributed by atoms with Crippen LogP contribution in [0.25, 0.3) is 10.6 Å². The lowest BCUT2D eigenvalue weighted by atomic mass is 10.3. The van der Waals surface area contributed by atoms with Gasteiger partial charge in [-0.2, -0.15) is 5.10 Å². The van der Waals surface area contributed by atoms with E-state index in [1.165, 1.54) is 12.4 Å². The van der Waals surface area contributed by atoms with Crippen LogP contribution in [-0.2, 0) is 0 Å². The minimum atomic E-state index is -0.709. The molecule has 3 aromatic rings. The van der Waals surface area contributed by atoms with E-state index in [4.69, 9.17) is 5.73 Å². The summed E-state index contributed by atoms with van der Waals surface area (Å²) in [6, 6.07) is 3.51. The molecule has 0 spiro atoms. The van der Waals surface area contributed by atoms with E-state index < -0.39 is 11.8 Å². The number of H-pyrrole nitrogens is 1. The Bertz CT molecular complexity index is 812. The van der Waals surface area contributed by atoms with Gasteiger partial charge in [0.15, 0.2) is 5.69 Å². The molecular weight excluding hydrogens is 304 g/mol. The Kier molecular flexibility index (Phi) is 3.62. The van der Waals surface area contributed by atoms with Gasteiger partial charge in [0.05, 0.1) is 11.8 Å². The molecule has 3 aromatic heterocycles. The number of anilines is 1. The average molecular weight is 314 g/mol. The maximum absolute atomic E-state index is 12.0. The summed E-state index contributed by atoms with van der Waals surface area (Å²) in [5.41, 5.74) is 6.47. The molecular formula is C13H10N6O2S. The number of pyridine rings is 1. The lowest BCUT2D eigenvalue weighted by molar-refractivity contribution is 0.0997. The van der Waals surface area contributed by atoms with Crippen molar-refractivity contribution in [2.24, 2.45) is 5.73 Å². The second-order valence-electron chi connectivity index (χ2n) is 4.24. The quantitative estimate of drug-likeness (QED) is 0.668. The normalized spacial score (nSPS) is 10.4. The summed E-state index contributed by atoms with van der Waals surface area (Å²) in [5, 5.41) is 9.73. The number of nitrogens with zero attached hydrogens (tertiary/aromatic N) is 3. The summed E-state index contributed by atoms with van der Waals surface area (Å²) in [5.74, 6) is -1.11. The van der Waals surface area contributed by atoms with Crippen LogP contribution in [0.5, 0.6) is 0 Å². The molecule has 9 heteroatoms. The van der Waals surface area contributed by atoms with Gasteiger partial charge in [-0.05, 0) is 12.1 Å². The molecule has 0 atom stereocenters. The van der Waals surface area contributed by atoms with E-state index >= 15 is 0 Å². The minimum Gasteiger partial charge on any atom is -0.364 e. The van der Waals surface area contributed by atoms with Gasteiger partial charge in [-0.25, -0.2) is 4.98 Å². The van der Waals surface area contributed by atoms with Crippen LogP contribution in [0.3, 0.4) is 0 Å². The first-order chi connectivity index (χ1) is 10.6. The third kappa shape index (κ3) is 2.69. The van der Waals surface area contributed by atoms with Crippen LogP contribution in [0.2, 0.25) is 0 Å². The summed E-state index contributed by atoms with van der Waals surface area (Å²) in [4.78, 5) is 31.7. The Labute approximate surface area is 128 Å². The highest BCUT2D eigenvalue weighted by Gasteiger charge is 2.19. The SMILES string of the molecule is NC(=O)c1nc(-c2ccncc2)sc1NC(=O)c1cn[nH]c1. The van der Waals surface area contributed by atoms with Gasteiger partial charge in [0.25, 0.3) is 11.8 Å². The van der Waals surface area contributed by atoms with Crippen molar-refractivity contribution in [2.75, 3.05) is 5.32 Å². The number of nitrogens with one attached hydrogen (secondary N) is 2. The zero-order chi connectivity index (χ0) is 15.5. The number of aromatic amines is 1. The van der Waals surface area contributed by atoms with Crippen LogP contribution in [-0.4, -0.2) is 32.0 Å². The Balaban J connectivity index is 1.95. The molecule has 3 heterocycles. The third-order valence-electron chi connectivity index (χ3n) is 2.78. The van der Waals surface area contributed by atoms with Crippen molar-refractivity contribution in [1.29, 1.82) is 0 Å². The molecule has 0 fully saturated rings. The maximum Gasteiger partial charge on any atom is 0.270 e. The number of amides is 2. The molecule has 3 rings (SSSR count). The lowest BCUT2D eigenvalue weighted by Gasteiger charge is -2.00. The molecule has 0 aromatic carbocycles. The smallest absolute Gasteiger partial charge is 0.270 e. The van der Waals surface area contributed by atoms with E-state index in [9.17, 15) is 9.59 Å². The minimum absolute atomic E-state index is 0.0219. The molecule has 0 aliphatic heterocycles. The van der Waals surface area contributed by atoms with Gasteiger partial charge >= 0.3 is 0 Å². The summed E-state index contributed by atoms with van der Waals surface area (Å²) in [6.45, 7) is 0. The number of nitrogens with two attached hydrogens (primary N) is 1. The molecule has 8 nitrogen and oxygen atoms in total. The zero-order valence-electron chi connectivity index (χ0n) is 11.1. The number of hydrogen-bond acceptors (Lipinski definition) is 6. The summed E-state index contributed by atoms with van der Waals surface area (Å²) in [7, 11) is 0. The van der Waals surface area contributed by atoms with Gasteiger partial charge in [-0.15, -0.1) is 0 Å². The van der Waals surface area contributed by atoms with Crippen molar-refractivity contribution in [3.8, 4) is 10.6 Å². The molecule has 4 N–H and O–H groups in total. The molecule has 0 unspecified atom stereocenters. The first-order valence-corrected chi connectivity index (χ1v) is 6.98. The van der Waals surface area contributed by atoms with Crippen molar-refractivity contribution >= 4 is 28.2 Å². The first-order valence-electron chi connectivity index (χ1n) is 6.16. The van der Waals surface area contributed by atoms with Gasteiger partial charge in [0.2, 0.25) is 0 Å². The van der Waals surface area contributed by atoms with E-state index in [-0.39, 0.29) is 5.69 Å². The Morgan fingerprint density at radius 2 is 2.05 bits per heavy atom. The summed E-state index contributed by atoms with van der Waals surface area (Å²) in [6.07, 6.45) is 6.06. The van der Waals surface area contributed by atoms with Crippen molar-refractivity contribution in [2.45, 2.75) is 0 Å². The van der Waals surface area contributed by atoms with Crippen LogP contribution in [0.15, 0.2) is 36.9 Å². The van der Waals surface area contributed by atoms with Gasteiger partial charge in [-0.3, -0.25) is 19.7 Å². The number of carbonyl (C=O) groups is 2. The molecule has 0 aliphatic rings. The van der Waals surface area contributed by atoms with Crippen molar-refractivity contribution in [3.63, 3.8) is 0 Å². The molecule has 0 saturated carbocycles. The Morgan fingerprint density at radius 3 is 2.68 bits per heavy atom. The third-order valence-corrected chi connectivity index (χ3v) is 3.80. The fourth-order valence-electron chi connectivity index (χ4n) is 1.74. The molecule has 110 valence electrons. The number of primary amides is 1. The summed E-state index contributed by atoms with van der Waals surface area (Å²) >= 11 is 1.16. The first kappa shape index (κ1) is 13.9. The number of thiazole rings is 1. The van der Waals surface area contributed by atoms with E-state index in [1.54, 1.807) is 24.5 Å². The van der Waals surface area contributed by atoms with Gasteiger partial charge in [0, 0.05) is 24.2 Å². The van der Waals surface area contributed by atoms with Gasteiger partial charge in [0.1, 0.15) is 10.0 Å². The predicted octanol–water partition coefficient (Wildman–Crippen LogP) is 1.28. The molecule has 22 heavy (non-hydrogen) atoms. The van der Waals surface area contributed by atoms with Gasteiger partial charge < -0.3 is 11.1 Å². The van der Waals surface area contributed by atoms with E-state index in [1.807, 2.05) is 0 Å². The number of carbonyl (C=O) groups excluding carboxylic acids is 2. The average Bonchev–Trinajstić information content (AvgIpc) is 3.17. The summed E-state index contributed by atoms with van der Waals surface area (Å²) < 4.78 is 0. The fourth-order valence-corrected chi connectivity index (χ4v) is 2.71. The Morgan fingerprint density at radius 1 is 1.27 bits per heavy atom. The lowest BCUT2D eigenvalue weighted by Crippen LogP contribution is -2.17. The maximum atomic E-state index is 12.0. The van der Waals surface area contributed by atoms with Crippen molar-refractivity contribution in [1.82, 2.24) is 20.2 Å². The van der Waals surface area contributed by atoms with Crippen molar-refractivity contribution in [3.05, 3.63) is 48.2 Å². The second kappa shape index (κ2) is 5.74. The zero-order valence-corrected chi connectivity index (χ0v) is 11.9. The second-order valence-corrected chi connectivity index (χ2v) is 5.24. The molecule has 0 bridgehead atoms. The van der Waals surface area contributed by atoms with E-state index in [0.717, 1.165) is 16.9 Å². The van der Waals surface area contributed by atoms with Crippen LogP contribution in [0.4, 0.5) is 5.00 Å². The van der Waals surface area contributed by atoms with Crippen LogP contribution in [0.1, 0.15) is 20.8 Å². The number of hydrogen-bond donors (Lipinski definition) is 3. The van der Waals surface area contributed by atoms with E-state index in [0.29, 0.717) is 15.6 Å². The highest BCUT2D eigenvalue weighted by Crippen LogP contribution is 2.32. The highest BCUT2D eigenvalue weighted by atomic mass is 32.1. The molecule has 0 aliphatic carbocycles. The molecule has 0 radical (unpaired) electrons. The van der Waals surface area contributed by atoms with Gasteiger partial charge in [-0.1, -0.05) is 11.3 Å². The molecule has 0 saturated heterocycles. The number of aromatic nitrogens is 4. The predicted molar refractivity (Wildman–Crippen MR) is 80.4 cm³/mol. The topological polar surface area (TPSA) is 127 Å². The van der Waals surface area contributed by atoms with E-state index in [2.05, 4.69) is 25.5 Å². The Hall–Kier alpha value is -3.07. The number of rotatable bonds is 4. The van der Waals surface area contributed by atoms with Crippen LogP contribution < -0.4 is 11.1 Å². The van der Waals surface area contributed by atoms with Crippen LogP contribution in [0, 0.1) is 0 Å². The highest BCUT2D eigenvalue weighted by molar-refractivity contribution is 7.19. The molecule has 2 amide bonds. The van der Waals surface area contributed by atoms with Crippen molar-refractivity contribution < 1.29 is 9.59 Å².